The summed E-state index contributed by atoms with van der Waals surface area (Å²) in [5, 5.41) is 6.01. The summed E-state index contributed by atoms with van der Waals surface area (Å²) >= 11 is 0. The smallest absolute Gasteiger partial charge is 0.238 e. The quantitative estimate of drug-likeness (QED) is 0.136. The van der Waals surface area contributed by atoms with Gasteiger partial charge < -0.3 is 9.13 Å². The standard InChI is InChI=1S/C53H40N4O2P2/c1-37-17-15-19-39(33-37)51-54-52(40-20-16-18-38(2)34-40)56-53(55-51)57-49-31-29-45(60(58,41-21-7-3-8-22-41)42-23-9-4-10-24-42)35-47(49)48-36-46(30-32-50(48)57)61(59,43-25-11-5-12-26-43)44-27-13-6-14-28-44/h3-36H,1-2H3. The molecule has 0 unspecified atom stereocenters. The minimum atomic E-state index is -3.37. The van der Waals surface area contributed by atoms with Crippen LogP contribution in [-0.4, -0.2) is 19.5 Å². The maximum atomic E-state index is 15.8. The van der Waals surface area contributed by atoms with E-state index in [9.17, 15) is 0 Å². The molecule has 0 bridgehead atoms. The third-order valence-corrected chi connectivity index (χ3v) is 17.4. The lowest BCUT2D eigenvalue weighted by Crippen LogP contribution is -2.25. The van der Waals surface area contributed by atoms with E-state index in [-0.39, 0.29) is 0 Å². The second kappa shape index (κ2) is 15.6. The van der Waals surface area contributed by atoms with Gasteiger partial charge in [-0.1, -0.05) is 169 Å². The van der Waals surface area contributed by atoms with E-state index < -0.39 is 14.3 Å². The molecular formula is C53H40N4O2P2. The summed E-state index contributed by atoms with van der Waals surface area (Å²) in [6.07, 6.45) is 0. The highest BCUT2D eigenvalue weighted by Gasteiger charge is 2.33. The van der Waals surface area contributed by atoms with E-state index in [0.717, 1.165) is 65.3 Å². The molecule has 10 rings (SSSR count). The van der Waals surface area contributed by atoms with Gasteiger partial charge in [-0.2, -0.15) is 9.97 Å². The first-order valence-corrected chi connectivity index (χ1v) is 23.6. The van der Waals surface area contributed by atoms with E-state index in [1.165, 1.54) is 0 Å². The Morgan fingerprint density at radius 2 is 0.721 bits per heavy atom. The predicted octanol–water partition coefficient (Wildman–Crippen LogP) is 10.2. The van der Waals surface area contributed by atoms with Crippen molar-refractivity contribution in [3.05, 3.63) is 217 Å². The fourth-order valence-electron chi connectivity index (χ4n) is 8.34. The molecule has 0 fully saturated rings. The van der Waals surface area contributed by atoms with Gasteiger partial charge in [0, 0.05) is 53.7 Å². The third-order valence-electron chi connectivity index (χ3n) is 11.3. The molecule has 2 aromatic heterocycles. The zero-order valence-electron chi connectivity index (χ0n) is 33.6. The van der Waals surface area contributed by atoms with Crippen molar-refractivity contribution in [3.8, 4) is 28.7 Å². The van der Waals surface area contributed by atoms with Crippen LogP contribution in [0.4, 0.5) is 0 Å². The number of benzene rings is 8. The minimum absolute atomic E-state index is 0.437. The van der Waals surface area contributed by atoms with Gasteiger partial charge in [-0.05, 0) is 62.4 Å². The van der Waals surface area contributed by atoms with Gasteiger partial charge in [0.15, 0.2) is 25.9 Å². The molecule has 8 aromatic carbocycles. The lowest BCUT2D eigenvalue weighted by Gasteiger charge is -2.20. The average molecular weight is 827 g/mol. The first-order valence-electron chi connectivity index (χ1n) is 20.2. The Kier molecular flexibility index (Phi) is 9.76. The topological polar surface area (TPSA) is 77.7 Å². The summed E-state index contributed by atoms with van der Waals surface area (Å²) in [6.45, 7) is 4.12. The molecular weight excluding hydrogens is 787 g/mol. The highest BCUT2D eigenvalue weighted by Crippen LogP contribution is 2.46. The van der Waals surface area contributed by atoms with Crippen molar-refractivity contribution in [2.45, 2.75) is 13.8 Å². The largest absolute Gasteiger partial charge is 0.309 e. The van der Waals surface area contributed by atoms with Crippen LogP contribution in [0.15, 0.2) is 206 Å². The van der Waals surface area contributed by atoms with E-state index in [2.05, 4.69) is 54.8 Å². The zero-order chi connectivity index (χ0) is 41.6. The molecule has 0 saturated heterocycles. The van der Waals surface area contributed by atoms with Crippen LogP contribution >= 0.6 is 14.3 Å². The second-order valence-electron chi connectivity index (χ2n) is 15.3. The fourth-order valence-corrected chi connectivity index (χ4v) is 13.7. The van der Waals surface area contributed by atoms with Gasteiger partial charge >= 0.3 is 0 Å². The van der Waals surface area contributed by atoms with Crippen LogP contribution in [-0.2, 0) is 9.13 Å². The van der Waals surface area contributed by atoms with E-state index in [1.54, 1.807) is 0 Å². The Bertz CT molecular complexity index is 3030. The van der Waals surface area contributed by atoms with Crippen molar-refractivity contribution in [2.24, 2.45) is 0 Å². The molecule has 294 valence electrons. The van der Waals surface area contributed by atoms with Crippen LogP contribution in [0.1, 0.15) is 11.1 Å². The number of nitrogens with zero attached hydrogens (tertiary/aromatic N) is 4. The molecule has 8 heteroatoms. The van der Waals surface area contributed by atoms with Crippen LogP contribution in [0.25, 0.3) is 50.5 Å². The van der Waals surface area contributed by atoms with Crippen molar-refractivity contribution < 1.29 is 9.13 Å². The molecule has 2 heterocycles. The molecule has 6 nitrogen and oxygen atoms in total. The summed E-state index contributed by atoms with van der Waals surface area (Å²) in [6, 6.07) is 67.3. The predicted molar refractivity (Wildman–Crippen MR) is 253 cm³/mol. The Balaban J connectivity index is 1.30. The van der Waals surface area contributed by atoms with Crippen molar-refractivity contribution in [1.82, 2.24) is 19.5 Å². The molecule has 0 radical (unpaired) electrons. The van der Waals surface area contributed by atoms with Crippen LogP contribution in [0.5, 0.6) is 0 Å². The zero-order valence-corrected chi connectivity index (χ0v) is 35.4. The van der Waals surface area contributed by atoms with Crippen LogP contribution < -0.4 is 31.8 Å². The van der Waals surface area contributed by atoms with E-state index >= 15 is 9.13 Å². The molecule has 0 saturated carbocycles. The monoisotopic (exact) mass is 826 g/mol. The van der Waals surface area contributed by atoms with E-state index in [4.69, 9.17) is 15.0 Å². The van der Waals surface area contributed by atoms with Gasteiger partial charge in [0.2, 0.25) is 5.95 Å². The number of hydrogen-bond donors (Lipinski definition) is 0. The average Bonchev–Trinajstić information content (AvgIpc) is 3.65. The van der Waals surface area contributed by atoms with Gasteiger partial charge in [-0.3, -0.25) is 4.57 Å². The maximum absolute atomic E-state index is 15.8. The van der Waals surface area contributed by atoms with Crippen molar-refractivity contribution in [2.75, 3.05) is 0 Å². The highest BCUT2D eigenvalue weighted by atomic mass is 31.2. The minimum Gasteiger partial charge on any atom is -0.309 e. The van der Waals surface area contributed by atoms with Crippen LogP contribution in [0.3, 0.4) is 0 Å². The van der Waals surface area contributed by atoms with Crippen LogP contribution in [0.2, 0.25) is 0 Å². The summed E-state index contributed by atoms with van der Waals surface area (Å²) in [4.78, 5) is 15.4. The first-order chi connectivity index (χ1) is 29.8. The molecule has 61 heavy (non-hydrogen) atoms. The van der Waals surface area contributed by atoms with Crippen molar-refractivity contribution in [3.63, 3.8) is 0 Å². The molecule has 0 atom stereocenters. The SMILES string of the molecule is Cc1cccc(-c2nc(-c3cccc(C)c3)nc(-n3c4ccc(P(=O)(c5ccccc5)c5ccccc5)cc4c4cc(P(=O)(c5ccccc5)c5ccccc5)ccc43)n2)c1. The lowest BCUT2D eigenvalue weighted by molar-refractivity contribution is 0.591. The van der Waals surface area contributed by atoms with Gasteiger partial charge in [-0.15, -0.1) is 0 Å². The van der Waals surface area contributed by atoms with Crippen molar-refractivity contribution in [1.29, 1.82) is 0 Å². The Hall–Kier alpha value is -6.97. The summed E-state index contributed by atoms with van der Waals surface area (Å²) in [5.74, 6) is 1.53. The molecule has 10 aromatic rings. The van der Waals surface area contributed by atoms with Crippen molar-refractivity contribution >= 4 is 67.9 Å². The number of aromatic nitrogens is 4. The van der Waals surface area contributed by atoms with Gasteiger partial charge in [-0.25, -0.2) is 4.98 Å². The lowest BCUT2D eigenvalue weighted by atomic mass is 10.1. The van der Waals surface area contributed by atoms with Gasteiger partial charge in [0.1, 0.15) is 0 Å². The fraction of sp³-hybridized carbons (Fsp3) is 0.0377. The normalized spacial score (nSPS) is 11.9. The van der Waals surface area contributed by atoms with Crippen LogP contribution in [0, 0.1) is 13.8 Å². The summed E-state index contributed by atoms with van der Waals surface area (Å²) < 4.78 is 33.7. The van der Waals surface area contributed by atoms with Gasteiger partial charge in [0.25, 0.3) is 0 Å². The molecule has 0 spiro atoms. The molecule has 0 N–H and O–H groups in total. The molecule has 0 aliphatic rings. The maximum Gasteiger partial charge on any atom is 0.238 e. The number of hydrogen-bond acceptors (Lipinski definition) is 5. The van der Waals surface area contributed by atoms with E-state index in [0.29, 0.717) is 28.2 Å². The molecule has 0 amide bonds. The Morgan fingerprint density at radius 1 is 0.361 bits per heavy atom. The Labute approximate surface area is 355 Å². The van der Waals surface area contributed by atoms with Gasteiger partial charge in [0.05, 0.1) is 11.0 Å². The molecule has 0 aliphatic carbocycles. The first kappa shape index (κ1) is 38.2. The molecule has 0 aliphatic heterocycles. The second-order valence-corrected chi connectivity index (χ2v) is 20.9. The van der Waals surface area contributed by atoms with E-state index in [1.807, 2.05) is 170 Å². The third kappa shape index (κ3) is 6.75. The number of rotatable bonds is 9. The number of fused-ring (bicyclic) bond motifs is 3. The highest BCUT2D eigenvalue weighted by molar-refractivity contribution is 7.85. The summed E-state index contributed by atoms with van der Waals surface area (Å²) in [7, 11) is -6.74. The summed E-state index contributed by atoms with van der Waals surface area (Å²) in [5.41, 5.74) is 5.57. The Morgan fingerprint density at radius 3 is 1.07 bits per heavy atom. The number of aryl methyl sites for hydroxylation is 2.